The number of carbonyl (C=O) groups is 5. The molecule has 0 saturated carbocycles. The molecule has 1 saturated heterocycles. The lowest BCUT2D eigenvalue weighted by atomic mass is 10.0. The van der Waals surface area contributed by atoms with Gasteiger partial charge < -0.3 is 37.2 Å². The zero-order valence-electron chi connectivity index (χ0n) is 19.5. The molecule has 1 heterocycles. The molecule has 8 N–H and O–H groups in total. The van der Waals surface area contributed by atoms with Crippen LogP contribution in [0, 0.1) is 0 Å². The highest BCUT2D eigenvalue weighted by atomic mass is 16.4. The van der Waals surface area contributed by atoms with Gasteiger partial charge >= 0.3 is 5.97 Å². The quantitative estimate of drug-likeness (QED) is 0.167. The predicted octanol–water partition coefficient (Wildman–Crippen LogP) is -1.83. The topological polar surface area (TPSA) is 200 Å². The maximum Gasteiger partial charge on any atom is 0.328 e. The molecule has 1 aliphatic heterocycles. The Hall–Kier alpha value is -3.51. The van der Waals surface area contributed by atoms with Gasteiger partial charge in [0.25, 0.3) is 0 Å². The molecular weight excluding hydrogens is 458 g/mol. The van der Waals surface area contributed by atoms with Crippen molar-refractivity contribution >= 4 is 29.6 Å². The first-order valence-electron chi connectivity index (χ1n) is 11.5. The Morgan fingerprint density at radius 3 is 2.26 bits per heavy atom. The molecule has 1 aliphatic rings. The number of carbonyl (C=O) groups excluding carboxylic acids is 4. The molecule has 1 aromatic carbocycles. The largest absolute Gasteiger partial charge is 0.480 e. The van der Waals surface area contributed by atoms with E-state index < -0.39 is 54.0 Å². The van der Waals surface area contributed by atoms with Crippen molar-refractivity contribution in [2.45, 2.75) is 69.3 Å². The van der Waals surface area contributed by atoms with Gasteiger partial charge in [-0.1, -0.05) is 30.3 Å². The van der Waals surface area contributed by atoms with Gasteiger partial charge in [-0.05, 0) is 38.3 Å². The van der Waals surface area contributed by atoms with Crippen LogP contribution in [-0.4, -0.2) is 76.6 Å². The lowest BCUT2D eigenvalue weighted by Crippen LogP contribution is -2.58. The summed E-state index contributed by atoms with van der Waals surface area (Å²) < 4.78 is 0. The minimum absolute atomic E-state index is 0.140. The maximum absolute atomic E-state index is 13.2. The average molecular weight is 492 g/mol. The second-order valence-electron chi connectivity index (χ2n) is 8.53. The van der Waals surface area contributed by atoms with Gasteiger partial charge in [0.1, 0.15) is 12.1 Å². The third kappa shape index (κ3) is 8.98. The summed E-state index contributed by atoms with van der Waals surface area (Å²) in [5, 5.41) is 29.4. The number of amides is 4. The summed E-state index contributed by atoms with van der Waals surface area (Å²) in [4.78, 5) is 61.3. The van der Waals surface area contributed by atoms with E-state index in [2.05, 4.69) is 21.3 Å². The molecule has 192 valence electrons. The van der Waals surface area contributed by atoms with E-state index in [4.69, 9.17) is 5.73 Å². The molecule has 0 radical (unpaired) electrons. The number of carboxylic acid groups (broad SMARTS) is 1. The molecule has 12 nitrogen and oxygen atoms in total. The number of hydrogen-bond acceptors (Lipinski definition) is 7. The van der Waals surface area contributed by atoms with Gasteiger partial charge in [0.15, 0.2) is 6.04 Å². The molecule has 0 aliphatic carbocycles. The highest BCUT2D eigenvalue weighted by Crippen LogP contribution is 2.09. The third-order valence-electron chi connectivity index (χ3n) is 5.65. The van der Waals surface area contributed by atoms with Crippen LogP contribution in [0.1, 0.15) is 38.2 Å². The van der Waals surface area contributed by atoms with Gasteiger partial charge in [-0.3, -0.25) is 19.2 Å². The molecule has 1 fully saturated rings. The molecule has 2 rings (SSSR count). The molecule has 0 aromatic heterocycles. The maximum atomic E-state index is 13.2. The highest BCUT2D eigenvalue weighted by molar-refractivity contribution is 5.94. The van der Waals surface area contributed by atoms with E-state index in [1.807, 2.05) is 6.07 Å². The summed E-state index contributed by atoms with van der Waals surface area (Å²) in [5.74, 6) is -4.13. The first-order valence-corrected chi connectivity index (χ1v) is 11.5. The van der Waals surface area contributed by atoms with Crippen molar-refractivity contribution in [2.75, 3.05) is 6.54 Å². The summed E-state index contributed by atoms with van der Waals surface area (Å²) in [7, 11) is 0. The number of nitrogens with two attached hydrogens (primary N) is 1. The van der Waals surface area contributed by atoms with E-state index in [0.717, 1.165) is 12.0 Å². The second-order valence-corrected chi connectivity index (χ2v) is 8.53. The minimum Gasteiger partial charge on any atom is -0.480 e. The summed E-state index contributed by atoms with van der Waals surface area (Å²) in [6.07, 6.45) is -0.266. The summed E-state index contributed by atoms with van der Waals surface area (Å²) in [6.45, 7) is 1.88. The van der Waals surface area contributed by atoms with Crippen molar-refractivity contribution in [3.05, 3.63) is 35.9 Å². The van der Waals surface area contributed by atoms with Crippen LogP contribution in [0.5, 0.6) is 0 Å². The third-order valence-corrected chi connectivity index (χ3v) is 5.65. The summed E-state index contributed by atoms with van der Waals surface area (Å²) >= 11 is 0. The van der Waals surface area contributed by atoms with Crippen LogP contribution in [0.2, 0.25) is 0 Å². The standard InChI is InChI=1S/C23H33N5O7/c1-13(29)19(23(34)35)28-21(32)16(9-10-18(24)30)26-22(33)17(12-14-6-3-2-4-7-14)27-20(31)15-8-5-11-25-15/h2-4,6-7,13,15-17,19,25,29H,5,8-12H2,1H3,(H2,24,30)(H,26,33)(H,27,31)(H,28,32)(H,34,35). The Kier molecular flexibility index (Phi) is 10.6. The van der Waals surface area contributed by atoms with Crippen molar-refractivity contribution in [1.29, 1.82) is 0 Å². The van der Waals surface area contributed by atoms with E-state index in [1.165, 1.54) is 6.92 Å². The number of primary amides is 1. The van der Waals surface area contributed by atoms with Crippen molar-refractivity contribution in [3.8, 4) is 0 Å². The number of hydrogen-bond donors (Lipinski definition) is 7. The molecular formula is C23H33N5O7. The molecule has 12 heteroatoms. The lowest BCUT2D eigenvalue weighted by molar-refractivity contribution is -0.145. The lowest BCUT2D eigenvalue weighted by Gasteiger charge is -2.25. The van der Waals surface area contributed by atoms with Gasteiger partial charge in [0.2, 0.25) is 23.6 Å². The Balaban J connectivity index is 2.20. The molecule has 4 amide bonds. The van der Waals surface area contributed by atoms with Crippen LogP contribution in [0.25, 0.3) is 0 Å². The number of nitrogens with one attached hydrogen (secondary N) is 4. The smallest absolute Gasteiger partial charge is 0.328 e. The molecule has 35 heavy (non-hydrogen) atoms. The molecule has 5 atom stereocenters. The van der Waals surface area contributed by atoms with E-state index >= 15 is 0 Å². The number of aliphatic carboxylic acids is 1. The van der Waals surface area contributed by atoms with E-state index in [1.54, 1.807) is 24.3 Å². The zero-order valence-corrected chi connectivity index (χ0v) is 19.5. The Morgan fingerprint density at radius 1 is 1.06 bits per heavy atom. The van der Waals surface area contributed by atoms with Crippen LogP contribution in [0.4, 0.5) is 0 Å². The zero-order chi connectivity index (χ0) is 26.0. The van der Waals surface area contributed by atoms with Crippen LogP contribution in [-0.2, 0) is 30.4 Å². The van der Waals surface area contributed by atoms with E-state index in [-0.39, 0.29) is 25.2 Å². The van der Waals surface area contributed by atoms with Crippen LogP contribution >= 0.6 is 0 Å². The van der Waals surface area contributed by atoms with Crippen molar-refractivity contribution in [3.63, 3.8) is 0 Å². The van der Waals surface area contributed by atoms with E-state index in [0.29, 0.717) is 13.0 Å². The molecule has 1 aromatic rings. The number of aliphatic hydroxyl groups is 1. The Morgan fingerprint density at radius 2 is 1.71 bits per heavy atom. The number of carboxylic acids is 1. The van der Waals surface area contributed by atoms with Gasteiger partial charge in [0.05, 0.1) is 12.1 Å². The average Bonchev–Trinajstić information content (AvgIpc) is 3.34. The number of benzene rings is 1. The fourth-order valence-corrected chi connectivity index (χ4v) is 3.71. The fourth-order valence-electron chi connectivity index (χ4n) is 3.71. The van der Waals surface area contributed by atoms with Crippen LogP contribution < -0.4 is 27.0 Å². The van der Waals surface area contributed by atoms with E-state index in [9.17, 15) is 34.2 Å². The van der Waals surface area contributed by atoms with Crippen LogP contribution in [0.15, 0.2) is 30.3 Å². The van der Waals surface area contributed by atoms with Gasteiger partial charge in [-0.15, -0.1) is 0 Å². The highest BCUT2D eigenvalue weighted by Gasteiger charge is 2.32. The molecule has 5 unspecified atom stereocenters. The van der Waals surface area contributed by atoms with Crippen LogP contribution in [0.3, 0.4) is 0 Å². The summed E-state index contributed by atoms with van der Waals surface area (Å²) in [6, 6.07) is 4.55. The van der Waals surface area contributed by atoms with Gasteiger partial charge in [-0.25, -0.2) is 4.79 Å². The Labute approximate surface area is 203 Å². The van der Waals surface area contributed by atoms with Crippen molar-refractivity contribution in [1.82, 2.24) is 21.3 Å². The number of aliphatic hydroxyl groups excluding tert-OH is 1. The second kappa shape index (κ2) is 13.4. The molecule has 0 bridgehead atoms. The number of rotatable bonds is 13. The first kappa shape index (κ1) is 27.7. The first-order chi connectivity index (χ1) is 16.6. The van der Waals surface area contributed by atoms with Crippen molar-refractivity contribution in [2.24, 2.45) is 5.73 Å². The minimum atomic E-state index is -1.62. The predicted molar refractivity (Wildman–Crippen MR) is 125 cm³/mol. The monoisotopic (exact) mass is 491 g/mol. The van der Waals surface area contributed by atoms with Gasteiger partial charge in [-0.2, -0.15) is 0 Å². The molecule has 0 spiro atoms. The summed E-state index contributed by atoms with van der Waals surface area (Å²) in [5.41, 5.74) is 5.95. The normalized spacial score (nSPS) is 18.5. The SMILES string of the molecule is CC(O)C(NC(=O)C(CCC(N)=O)NC(=O)C(Cc1ccccc1)NC(=O)C1CCCN1)C(=O)O. The van der Waals surface area contributed by atoms with Gasteiger partial charge in [0, 0.05) is 12.8 Å². The fraction of sp³-hybridized carbons (Fsp3) is 0.522. The van der Waals surface area contributed by atoms with Crippen molar-refractivity contribution < 1.29 is 34.2 Å². The Bertz CT molecular complexity index is 903.